The van der Waals surface area contributed by atoms with Gasteiger partial charge < -0.3 is 10.1 Å². The van der Waals surface area contributed by atoms with Gasteiger partial charge in [0.1, 0.15) is 0 Å². The van der Waals surface area contributed by atoms with Gasteiger partial charge in [0.25, 0.3) is 0 Å². The summed E-state index contributed by atoms with van der Waals surface area (Å²) in [6, 6.07) is 8.61. The SMILES string of the molecule is CCNC(Cc1ccc(Cl)cc1)C1(OCC)CCCCC1. The van der Waals surface area contributed by atoms with Gasteiger partial charge in [0.2, 0.25) is 0 Å². The lowest BCUT2D eigenvalue weighted by molar-refractivity contribution is -0.0894. The molecule has 1 aliphatic rings. The molecule has 118 valence electrons. The molecule has 0 amide bonds. The van der Waals surface area contributed by atoms with Crippen LogP contribution in [0.2, 0.25) is 5.02 Å². The molecule has 1 aliphatic carbocycles. The van der Waals surface area contributed by atoms with Gasteiger partial charge in [-0.15, -0.1) is 0 Å². The maximum absolute atomic E-state index is 6.29. The molecule has 3 heteroatoms. The van der Waals surface area contributed by atoms with E-state index in [2.05, 4.69) is 31.3 Å². The fraction of sp³-hybridized carbons (Fsp3) is 0.667. The smallest absolute Gasteiger partial charge is 0.0837 e. The summed E-state index contributed by atoms with van der Waals surface area (Å²) in [6.07, 6.45) is 7.25. The summed E-state index contributed by atoms with van der Waals surface area (Å²) in [4.78, 5) is 0. The summed E-state index contributed by atoms with van der Waals surface area (Å²) >= 11 is 5.99. The summed E-state index contributed by atoms with van der Waals surface area (Å²) in [5.41, 5.74) is 1.33. The van der Waals surface area contributed by atoms with Crippen LogP contribution in [0.1, 0.15) is 51.5 Å². The third-order valence-corrected chi connectivity index (χ3v) is 4.82. The van der Waals surface area contributed by atoms with E-state index in [1.54, 1.807) is 0 Å². The van der Waals surface area contributed by atoms with Crippen molar-refractivity contribution in [2.24, 2.45) is 0 Å². The highest BCUT2D eigenvalue weighted by Crippen LogP contribution is 2.36. The average molecular weight is 310 g/mol. The van der Waals surface area contributed by atoms with Crippen LogP contribution in [0.3, 0.4) is 0 Å². The van der Waals surface area contributed by atoms with Crippen LogP contribution < -0.4 is 5.32 Å². The van der Waals surface area contributed by atoms with E-state index in [0.29, 0.717) is 6.04 Å². The number of rotatable bonds is 7. The predicted molar refractivity (Wildman–Crippen MR) is 90.1 cm³/mol. The van der Waals surface area contributed by atoms with Gasteiger partial charge in [-0.1, -0.05) is 49.9 Å². The standard InChI is InChI=1S/C18H28ClNO/c1-3-20-17(14-15-8-10-16(19)11-9-15)18(21-4-2)12-6-5-7-13-18/h8-11,17,20H,3-7,12-14H2,1-2H3. The van der Waals surface area contributed by atoms with E-state index in [1.807, 2.05) is 12.1 Å². The van der Waals surface area contributed by atoms with E-state index in [4.69, 9.17) is 16.3 Å². The monoisotopic (exact) mass is 309 g/mol. The van der Waals surface area contributed by atoms with Gasteiger partial charge in [0.15, 0.2) is 0 Å². The molecule has 1 aromatic carbocycles. The number of hydrogen-bond donors (Lipinski definition) is 1. The minimum Gasteiger partial charge on any atom is -0.374 e. The first-order chi connectivity index (χ1) is 10.2. The lowest BCUT2D eigenvalue weighted by Crippen LogP contribution is -2.54. The number of likely N-dealkylation sites (N-methyl/N-ethyl adjacent to an activating group) is 1. The van der Waals surface area contributed by atoms with Crippen LogP contribution in [0.25, 0.3) is 0 Å². The van der Waals surface area contributed by atoms with Crippen molar-refractivity contribution in [3.05, 3.63) is 34.9 Å². The zero-order valence-corrected chi connectivity index (χ0v) is 14.1. The van der Waals surface area contributed by atoms with Gasteiger partial charge in [0.05, 0.1) is 5.60 Å². The first kappa shape index (κ1) is 16.8. The van der Waals surface area contributed by atoms with Crippen LogP contribution in [-0.2, 0) is 11.2 Å². The Hall–Kier alpha value is -0.570. The molecule has 0 saturated heterocycles. The van der Waals surface area contributed by atoms with E-state index in [-0.39, 0.29) is 5.60 Å². The Labute approximate surface area is 134 Å². The number of ether oxygens (including phenoxy) is 1. The Kier molecular flexibility index (Phi) is 6.53. The van der Waals surface area contributed by atoms with Gasteiger partial charge >= 0.3 is 0 Å². The molecular formula is C18H28ClNO. The van der Waals surface area contributed by atoms with Crippen LogP contribution in [0.15, 0.2) is 24.3 Å². The molecular weight excluding hydrogens is 282 g/mol. The Bertz CT molecular complexity index is 406. The van der Waals surface area contributed by atoms with Crippen molar-refractivity contribution in [1.82, 2.24) is 5.32 Å². The lowest BCUT2D eigenvalue weighted by Gasteiger charge is -2.44. The van der Waals surface area contributed by atoms with Crippen molar-refractivity contribution in [3.63, 3.8) is 0 Å². The van der Waals surface area contributed by atoms with Gasteiger partial charge in [-0.2, -0.15) is 0 Å². The molecule has 1 unspecified atom stereocenters. The molecule has 0 heterocycles. The van der Waals surface area contributed by atoms with E-state index >= 15 is 0 Å². The highest BCUT2D eigenvalue weighted by Gasteiger charge is 2.40. The maximum Gasteiger partial charge on any atom is 0.0837 e. The van der Waals surface area contributed by atoms with Gasteiger partial charge in [0, 0.05) is 17.7 Å². The molecule has 1 aromatic rings. The number of halogens is 1. The molecule has 2 nitrogen and oxygen atoms in total. The first-order valence-corrected chi connectivity index (χ1v) is 8.70. The van der Waals surface area contributed by atoms with Crippen LogP contribution in [-0.4, -0.2) is 24.8 Å². The van der Waals surface area contributed by atoms with Crippen molar-refractivity contribution in [2.75, 3.05) is 13.2 Å². The Balaban J connectivity index is 2.16. The summed E-state index contributed by atoms with van der Waals surface area (Å²) in [5.74, 6) is 0. The highest BCUT2D eigenvalue weighted by molar-refractivity contribution is 6.30. The molecule has 2 rings (SSSR count). The second kappa shape index (κ2) is 8.17. The zero-order chi connectivity index (χ0) is 15.1. The molecule has 0 aromatic heterocycles. The van der Waals surface area contributed by atoms with E-state index in [0.717, 1.165) is 24.6 Å². The molecule has 21 heavy (non-hydrogen) atoms. The van der Waals surface area contributed by atoms with Crippen LogP contribution in [0.4, 0.5) is 0 Å². The minimum atomic E-state index is 0.00263. The van der Waals surface area contributed by atoms with Gasteiger partial charge in [-0.05, 0) is 50.4 Å². The average Bonchev–Trinajstić information content (AvgIpc) is 2.50. The third kappa shape index (κ3) is 4.45. The lowest BCUT2D eigenvalue weighted by atomic mass is 9.77. The van der Waals surface area contributed by atoms with E-state index < -0.39 is 0 Å². The van der Waals surface area contributed by atoms with Crippen LogP contribution in [0.5, 0.6) is 0 Å². The quantitative estimate of drug-likeness (QED) is 0.794. The molecule has 1 fully saturated rings. The predicted octanol–water partition coefficient (Wildman–Crippen LogP) is 4.60. The van der Waals surface area contributed by atoms with E-state index in [1.165, 1.54) is 37.7 Å². The van der Waals surface area contributed by atoms with Crippen molar-refractivity contribution in [2.45, 2.75) is 64.0 Å². The molecule has 1 saturated carbocycles. The highest BCUT2D eigenvalue weighted by atomic mass is 35.5. The summed E-state index contributed by atoms with van der Waals surface area (Å²) in [6.45, 7) is 6.06. The second-order valence-corrected chi connectivity index (χ2v) is 6.44. The Morgan fingerprint density at radius 3 is 2.38 bits per heavy atom. The van der Waals surface area contributed by atoms with Crippen molar-refractivity contribution in [1.29, 1.82) is 0 Å². The normalized spacial score (nSPS) is 19.4. The van der Waals surface area contributed by atoms with Crippen molar-refractivity contribution < 1.29 is 4.74 Å². The molecule has 0 radical (unpaired) electrons. The fourth-order valence-electron chi connectivity index (χ4n) is 3.58. The summed E-state index contributed by atoms with van der Waals surface area (Å²) in [7, 11) is 0. The molecule has 0 aliphatic heterocycles. The first-order valence-electron chi connectivity index (χ1n) is 8.32. The molecule has 1 N–H and O–H groups in total. The van der Waals surface area contributed by atoms with Crippen molar-refractivity contribution >= 4 is 11.6 Å². The van der Waals surface area contributed by atoms with E-state index in [9.17, 15) is 0 Å². The fourth-order valence-corrected chi connectivity index (χ4v) is 3.70. The third-order valence-electron chi connectivity index (χ3n) is 4.57. The molecule has 1 atom stereocenters. The number of benzene rings is 1. The van der Waals surface area contributed by atoms with Gasteiger partial charge in [-0.25, -0.2) is 0 Å². The van der Waals surface area contributed by atoms with Crippen molar-refractivity contribution in [3.8, 4) is 0 Å². The Morgan fingerprint density at radius 1 is 1.14 bits per heavy atom. The minimum absolute atomic E-state index is 0.00263. The van der Waals surface area contributed by atoms with Gasteiger partial charge in [-0.3, -0.25) is 0 Å². The van der Waals surface area contributed by atoms with Crippen LogP contribution in [0, 0.1) is 0 Å². The topological polar surface area (TPSA) is 21.3 Å². The van der Waals surface area contributed by atoms with Crippen LogP contribution >= 0.6 is 11.6 Å². The largest absolute Gasteiger partial charge is 0.374 e. The second-order valence-electron chi connectivity index (χ2n) is 6.00. The number of nitrogens with one attached hydrogen (secondary N) is 1. The molecule has 0 bridgehead atoms. The molecule has 0 spiro atoms. The maximum atomic E-state index is 6.29. The summed E-state index contributed by atoms with van der Waals surface area (Å²) < 4.78 is 6.29. The zero-order valence-electron chi connectivity index (χ0n) is 13.3. The number of hydrogen-bond acceptors (Lipinski definition) is 2. The summed E-state index contributed by atoms with van der Waals surface area (Å²) in [5, 5.41) is 4.48. The Morgan fingerprint density at radius 2 is 1.81 bits per heavy atom.